The van der Waals surface area contributed by atoms with Gasteiger partial charge in [-0.25, -0.2) is 0 Å². The maximum atomic E-state index is 12.0. The summed E-state index contributed by atoms with van der Waals surface area (Å²) in [6.07, 6.45) is 2.16. The van der Waals surface area contributed by atoms with Crippen molar-refractivity contribution in [3.05, 3.63) is 41.0 Å². The first-order valence-corrected chi connectivity index (χ1v) is 8.55. The number of piperidine rings is 1. The molecule has 1 heterocycles. The first-order chi connectivity index (χ1) is 9.63. The van der Waals surface area contributed by atoms with Gasteiger partial charge in [-0.15, -0.1) is 0 Å². The van der Waals surface area contributed by atoms with Gasteiger partial charge in [-0.05, 0) is 50.6 Å². The molecule has 0 bridgehead atoms. The van der Waals surface area contributed by atoms with Gasteiger partial charge < -0.3 is 5.32 Å². The van der Waals surface area contributed by atoms with Gasteiger partial charge >= 0.3 is 0 Å². The van der Waals surface area contributed by atoms with Crippen LogP contribution in [0.4, 0.5) is 0 Å². The van der Waals surface area contributed by atoms with Crippen LogP contribution in [0, 0.1) is 0 Å². The van der Waals surface area contributed by atoms with Crippen LogP contribution in [0.3, 0.4) is 0 Å². The highest BCUT2D eigenvalue weighted by atomic mass is 127. The van der Waals surface area contributed by atoms with Gasteiger partial charge in [-0.2, -0.15) is 0 Å². The van der Waals surface area contributed by atoms with Crippen LogP contribution in [0.1, 0.15) is 35.7 Å². The maximum Gasteiger partial charge on any atom is 0.262 e. The third-order valence-corrected chi connectivity index (χ3v) is 5.54. The molecule has 1 saturated heterocycles. The van der Waals surface area contributed by atoms with Gasteiger partial charge in [0.05, 0.1) is 22.9 Å². The number of carbonyl (C=O) groups is 1. The fourth-order valence-corrected chi connectivity index (χ4v) is 3.13. The molecule has 2 rings (SSSR count). The smallest absolute Gasteiger partial charge is 0.262 e. The molecular formula is C15H18BrIN2O. The van der Waals surface area contributed by atoms with Crippen LogP contribution in [0.15, 0.2) is 29.8 Å². The van der Waals surface area contributed by atoms with Crippen molar-refractivity contribution in [1.29, 1.82) is 0 Å². The fraction of sp³-hybridized carbons (Fsp3) is 0.400. The Labute approximate surface area is 142 Å². The van der Waals surface area contributed by atoms with Crippen LogP contribution in [0.5, 0.6) is 0 Å². The first-order valence-electron chi connectivity index (χ1n) is 6.79. The average Bonchev–Trinajstić information content (AvgIpc) is 2.53. The van der Waals surface area contributed by atoms with Gasteiger partial charge in [0.25, 0.3) is 5.91 Å². The number of nitrogens with zero attached hydrogens (tertiary/aromatic N) is 1. The largest absolute Gasteiger partial charge is 0.316 e. The van der Waals surface area contributed by atoms with Gasteiger partial charge in [0.2, 0.25) is 0 Å². The van der Waals surface area contributed by atoms with E-state index in [1.807, 2.05) is 31.2 Å². The molecule has 0 spiro atoms. The zero-order chi connectivity index (χ0) is 14.5. The number of benzene rings is 1. The van der Waals surface area contributed by atoms with Crippen LogP contribution in [0.2, 0.25) is 0 Å². The maximum absolute atomic E-state index is 12.0. The van der Waals surface area contributed by atoms with Crippen molar-refractivity contribution in [2.24, 2.45) is 0 Å². The topological polar surface area (TPSA) is 32.3 Å². The molecule has 0 unspecified atom stereocenters. The van der Waals surface area contributed by atoms with Crippen LogP contribution in [-0.2, 0) is 0 Å². The van der Waals surface area contributed by atoms with Crippen molar-refractivity contribution < 1.29 is 4.79 Å². The summed E-state index contributed by atoms with van der Waals surface area (Å²) < 4.78 is 2.87. The van der Waals surface area contributed by atoms with Crippen LogP contribution in [0.25, 0.3) is 4.48 Å². The Morgan fingerprint density at radius 3 is 2.35 bits per heavy atom. The highest BCUT2D eigenvalue weighted by molar-refractivity contribution is 14.1. The number of rotatable bonds is 3. The van der Waals surface area contributed by atoms with Gasteiger partial charge in [-0.1, -0.05) is 33.6 Å². The van der Waals surface area contributed by atoms with Crippen molar-refractivity contribution in [1.82, 2.24) is 8.43 Å². The van der Waals surface area contributed by atoms with Crippen molar-refractivity contribution >= 4 is 49.2 Å². The Morgan fingerprint density at radius 1 is 1.25 bits per heavy atom. The SMILES string of the molecule is CCN(I)C(=O)c1ccc(C(Br)=C2CCNCC2)cc1. The zero-order valence-electron chi connectivity index (χ0n) is 11.5. The molecule has 108 valence electrons. The number of amides is 1. The summed E-state index contributed by atoms with van der Waals surface area (Å²) in [4.78, 5) is 12.0. The summed E-state index contributed by atoms with van der Waals surface area (Å²) in [5.74, 6) is 0.0605. The van der Waals surface area contributed by atoms with E-state index >= 15 is 0 Å². The van der Waals surface area contributed by atoms with Crippen molar-refractivity contribution in [3.63, 3.8) is 0 Å². The van der Waals surface area contributed by atoms with E-state index in [1.165, 1.54) is 10.1 Å². The lowest BCUT2D eigenvalue weighted by atomic mass is 10.0. The van der Waals surface area contributed by atoms with Gasteiger partial charge in [0, 0.05) is 16.6 Å². The molecule has 0 saturated carbocycles. The molecular weight excluding hydrogens is 431 g/mol. The minimum Gasteiger partial charge on any atom is -0.316 e. The van der Waals surface area contributed by atoms with E-state index in [2.05, 4.69) is 44.1 Å². The third-order valence-electron chi connectivity index (χ3n) is 3.40. The van der Waals surface area contributed by atoms with Crippen LogP contribution < -0.4 is 5.32 Å². The lowest BCUT2D eigenvalue weighted by Gasteiger charge is -2.18. The number of carbonyl (C=O) groups excluding carboxylic acids is 1. The quantitative estimate of drug-likeness (QED) is 0.560. The molecule has 0 radical (unpaired) electrons. The molecule has 1 N–H and O–H groups in total. The van der Waals surface area contributed by atoms with Gasteiger partial charge in [-0.3, -0.25) is 7.91 Å². The summed E-state index contributed by atoms with van der Waals surface area (Å²) in [5.41, 5.74) is 3.34. The predicted molar refractivity (Wildman–Crippen MR) is 95.1 cm³/mol. The lowest BCUT2D eigenvalue weighted by molar-refractivity contribution is 0.0892. The minimum atomic E-state index is 0.0605. The second-order valence-corrected chi connectivity index (χ2v) is 6.69. The molecule has 0 aromatic heterocycles. The number of hydrogen-bond acceptors (Lipinski definition) is 2. The highest BCUT2D eigenvalue weighted by Gasteiger charge is 2.13. The molecule has 3 nitrogen and oxygen atoms in total. The Bertz CT molecular complexity index is 505. The molecule has 1 amide bonds. The van der Waals surface area contributed by atoms with E-state index in [4.69, 9.17) is 0 Å². The molecule has 1 aromatic carbocycles. The Balaban J connectivity index is 2.17. The number of nitrogens with one attached hydrogen (secondary N) is 1. The molecule has 0 atom stereocenters. The molecule has 1 fully saturated rings. The van der Waals surface area contributed by atoms with Crippen molar-refractivity contribution in [2.75, 3.05) is 19.6 Å². The van der Waals surface area contributed by atoms with E-state index < -0.39 is 0 Å². The zero-order valence-corrected chi connectivity index (χ0v) is 15.2. The molecule has 5 heteroatoms. The molecule has 0 aliphatic carbocycles. The Hall–Kier alpha value is -0.400. The first kappa shape index (κ1) is 16.0. The fourth-order valence-electron chi connectivity index (χ4n) is 2.19. The number of halogens is 2. The molecule has 1 aliphatic heterocycles. The average molecular weight is 449 g/mol. The van der Waals surface area contributed by atoms with Gasteiger partial charge in [0.1, 0.15) is 0 Å². The predicted octanol–water partition coefficient (Wildman–Crippen LogP) is 3.99. The molecule has 20 heavy (non-hydrogen) atoms. The summed E-state index contributed by atoms with van der Waals surface area (Å²) >= 11 is 5.76. The van der Waals surface area contributed by atoms with Crippen molar-refractivity contribution in [3.8, 4) is 0 Å². The highest BCUT2D eigenvalue weighted by Crippen LogP contribution is 2.30. The Kier molecular flexibility index (Phi) is 6.04. The van der Waals surface area contributed by atoms with Gasteiger partial charge in [0.15, 0.2) is 0 Å². The van der Waals surface area contributed by atoms with Crippen molar-refractivity contribution in [2.45, 2.75) is 19.8 Å². The lowest BCUT2D eigenvalue weighted by Crippen LogP contribution is -2.23. The number of hydrogen-bond donors (Lipinski definition) is 1. The standard InChI is InChI=1S/C15H18BrIN2O/c1-2-19(17)15(20)13-5-3-11(4-6-13)14(16)12-7-9-18-10-8-12/h3-6,18H,2,7-10H2,1H3. The van der Waals surface area contributed by atoms with E-state index in [9.17, 15) is 4.79 Å². The van der Waals surface area contributed by atoms with E-state index in [0.717, 1.165) is 37.1 Å². The normalized spacial score (nSPS) is 15.1. The van der Waals surface area contributed by atoms with E-state index in [0.29, 0.717) is 6.54 Å². The minimum absolute atomic E-state index is 0.0605. The Morgan fingerprint density at radius 2 is 1.80 bits per heavy atom. The van der Waals surface area contributed by atoms with Crippen LogP contribution in [-0.4, -0.2) is 28.7 Å². The summed E-state index contributed by atoms with van der Waals surface area (Å²) in [7, 11) is 0. The van der Waals surface area contributed by atoms with Crippen LogP contribution >= 0.6 is 38.8 Å². The monoisotopic (exact) mass is 448 g/mol. The van der Waals surface area contributed by atoms with E-state index in [1.54, 1.807) is 3.11 Å². The molecule has 1 aromatic rings. The second-order valence-electron chi connectivity index (χ2n) is 4.73. The third kappa shape index (κ3) is 3.83. The van der Waals surface area contributed by atoms with E-state index in [-0.39, 0.29) is 5.91 Å². The summed E-state index contributed by atoms with van der Waals surface area (Å²) in [6.45, 7) is 4.77. The summed E-state index contributed by atoms with van der Waals surface area (Å²) in [5, 5.41) is 3.36. The molecule has 1 aliphatic rings. The second kappa shape index (κ2) is 7.56. The summed E-state index contributed by atoms with van der Waals surface area (Å²) in [6, 6.07) is 7.85.